The van der Waals surface area contributed by atoms with Crippen molar-refractivity contribution in [3.8, 4) is 0 Å². The van der Waals surface area contributed by atoms with Gasteiger partial charge in [0.15, 0.2) is 0 Å². The van der Waals surface area contributed by atoms with Gasteiger partial charge in [-0.3, -0.25) is 4.79 Å². The maximum atomic E-state index is 11.7. The quantitative estimate of drug-likeness (QED) is 0.780. The van der Waals surface area contributed by atoms with Crippen LogP contribution >= 0.6 is 0 Å². The molecule has 0 atom stereocenters. The second kappa shape index (κ2) is 3.82. The second-order valence-electron chi connectivity index (χ2n) is 3.97. The fraction of sp³-hybridized carbons (Fsp3) is 0.417. The zero-order valence-electron chi connectivity index (χ0n) is 8.42. The highest BCUT2D eigenvalue weighted by atomic mass is 16.1. The number of amides is 1. The molecule has 0 saturated heterocycles. The number of rotatable bonds is 3. The lowest BCUT2D eigenvalue weighted by atomic mass is 10.1. The maximum absolute atomic E-state index is 11.7. The van der Waals surface area contributed by atoms with Crippen LogP contribution in [0.15, 0.2) is 24.3 Å². The van der Waals surface area contributed by atoms with Crippen LogP contribution in [0.5, 0.6) is 0 Å². The van der Waals surface area contributed by atoms with Gasteiger partial charge in [-0.2, -0.15) is 0 Å². The van der Waals surface area contributed by atoms with Crippen LogP contribution in [-0.4, -0.2) is 12.5 Å². The average molecular weight is 191 g/mol. The molecular weight excluding hydrogens is 174 g/mol. The zero-order chi connectivity index (χ0) is 9.97. The van der Waals surface area contributed by atoms with E-state index in [9.17, 15) is 4.79 Å². The Balaban J connectivity index is 0.00000112. The van der Waals surface area contributed by atoms with Gasteiger partial charge in [-0.05, 0) is 37.3 Å². The molecule has 0 bridgehead atoms. The summed E-state index contributed by atoms with van der Waals surface area (Å²) in [6.45, 7) is 2.80. The Hall–Kier alpha value is -1.31. The molecule has 1 N–H and O–H groups in total. The van der Waals surface area contributed by atoms with E-state index in [1.165, 1.54) is 12.8 Å². The third-order valence-electron chi connectivity index (χ3n) is 2.64. The molecule has 2 rings (SSSR count). The van der Waals surface area contributed by atoms with Crippen molar-refractivity contribution in [2.45, 2.75) is 19.8 Å². The van der Waals surface area contributed by atoms with Crippen LogP contribution in [0.2, 0.25) is 0 Å². The van der Waals surface area contributed by atoms with Crippen LogP contribution in [0.25, 0.3) is 0 Å². The van der Waals surface area contributed by atoms with Gasteiger partial charge in [0.2, 0.25) is 0 Å². The van der Waals surface area contributed by atoms with E-state index >= 15 is 0 Å². The lowest BCUT2D eigenvalue weighted by Gasteiger charge is -2.06. The fourth-order valence-electron chi connectivity index (χ4n) is 1.48. The highest BCUT2D eigenvalue weighted by Crippen LogP contribution is 2.27. The second-order valence-corrected chi connectivity index (χ2v) is 3.97. The Morgan fingerprint density at radius 3 is 2.86 bits per heavy atom. The van der Waals surface area contributed by atoms with Gasteiger partial charge in [0.1, 0.15) is 0 Å². The minimum atomic E-state index is 0. The lowest BCUT2D eigenvalue weighted by molar-refractivity contribution is 0.0951. The Labute approximate surface area is 85.8 Å². The van der Waals surface area contributed by atoms with Crippen molar-refractivity contribution in [1.29, 1.82) is 0 Å². The molecule has 76 valence electrons. The van der Waals surface area contributed by atoms with Gasteiger partial charge in [-0.25, -0.2) is 0 Å². The first-order chi connectivity index (χ1) is 6.77. The van der Waals surface area contributed by atoms with E-state index in [4.69, 9.17) is 0 Å². The zero-order valence-corrected chi connectivity index (χ0v) is 8.42. The molecule has 0 unspecified atom stereocenters. The molecule has 0 heterocycles. The first kappa shape index (κ1) is 9.25. The molecule has 1 aliphatic carbocycles. The molecule has 0 radical (unpaired) electrons. The van der Waals surface area contributed by atoms with Crippen LogP contribution < -0.4 is 5.32 Å². The average Bonchev–Trinajstić information content (AvgIpc) is 2.98. The molecule has 0 spiro atoms. The molecule has 2 nitrogen and oxygen atoms in total. The molecule has 1 aliphatic rings. The molecule has 2 heteroatoms. The van der Waals surface area contributed by atoms with Crippen molar-refractivity contribution in [1.82, 2.24) is 5.32 Å². The monoisotopic (exact) mass is 191 g/mol. The predicted octanol–water partition coefficient (Wildman–Crippen LogP) is 2.38. The number of nitrogens with one attached hydrogen (secondary N) is 1. The van der Waals surface area contributed by atoms with Gasteiger partial charge >= 0.3 is 0 Å². The number of carbonyl (C=O) groups excluding carboxylic acids is 1. The van der Waals surface area contributed by atoms with Gasteiger partial charge in [0.25, 0.3) is 5.91 Å². The summed E-state index contributed by atoms with van der Waals surface area (Å²) in [6, 6.07) is 7.69. The third-order valence-corrected chi connectivity index (χ3v) is 2.64. The Kier molecular flexibility index (Phi) is 2.53. The molecule has 14 heavy (non-hydrogen) atoms. The number of hydrogen-bond acceptors (Lipinski definition) is 1. The summed E-state index contributed by atoms with van der Waals surface area (Å²) >= 11 is 0. The lowest BCUT2D eigenvalue weighted by Crippen LogP contribution is -2.26. The molecule has 1 aromatic carbocycles. The number of aryl methyl sites for hydroxylation is 1. The standard InChI is InChI=1S/C12H15NO.H2/c1-9-4-2-3-5-11(9)12(14)13-8-10-6-7-10;/h2-5,10H,6-8H2,1H3,(H,13,14);1H. The summed E-state index contributed by atoms with van der Waals surface area (Å²) in [5.74, 6) is 0.804. The molecule has 0 aromatic heterocycles. The smallest absolute Gasteiger partial charge is 0.251 e. The van der Waals surface area contributed by atoms with Crippen LogP contribution in [0.1, 0.15) is 30.2 Å². The normalized spacial score (nSPS) is 15.2. The summed E-state index contributed by atoms with van der Waals surface area (Å²) in [6.07, 6.45) is 2.54. The van der Waals surface area contributed by atoms with Gasteiger partial charge in [0.05, 0.1) is 0 Å². The summed E-state index contributed by atoms with van der Waals surface area (Å²) in [7, 11) is 0. The first-order valence-corrected chi connectivity index (χ1v) is 5.11. The molecule has 0 aliphatic heterocycles. The van der Waals surface area contributed by atoms with E-state index in [0.717, 1.165) is 23.6 Å². The minimum Gasteiger partial charge on any atom is -0.352 e. The number of carbonyl (C=O) groups is 1. The van der Waals surface area contributed by atoms with Gasteiger partial charge in [-0.1, -0.05) is 18.2 Å². The Bertz CT molecular complexity index is 347. The van der Waals surface area contributed by atoms with Crippen molar-refractivity contribution >= 4 is 5.91 Å². The van der Waals surface area contributed by atoms with E-state index < -0.39 is 0 Å². The maximum Gasteiger partial charge on any atom is 0.251 e. The van der Waals surface area contributed by atoms with Crippen molar-refractivity contribution < 1.29 is 6.22 Å². The van der Waals surface area contributed by atoms with E-state index in [1.807, 2.05) is 31.2 Å². The molecule has 1 amide bonds. The SMILES string of the molecule is Cc1ccccc1C(=O)NCC1CC1.[HH]. The highest BCUT2D eigenvalue weighted by molar-refractivity contribution is 5.95. The minimum absolute atomic E-state index is 0. The van der Waals surface area contributed by atoms with Crippen LogP contribution in [0, 0.1) is 12.8 Å². The van der Waals surface area contributed by atoms with Gasteiger partial charge < -0.3 is 5.32 Å². The number of benzene rings is 1. The molecule has 1 saturated carbocycles. The first-order valence-electron chi connectivity index (χ1n) is 5.11. The summed E-state index contributed by atoms with van der Waals surface area (Å²) in [5.41, 5.74) is 1.84. The van der Waals surface area contributed by atoms with Gasteiger partial charge in [-0.15, -0.1) is 0 Å². The topological polar surface area (TPSA) is 29.1 Å². The van der Waals surface area contributed by atoms with Crippen LogP contribution in [-0.2, 0) is 0 Å². The van der Waals surface area contributed by atoms with Crippen molar-refractivity contribution in [2.24, 2.45) is 5.92 Å². The summed E-state index contributed by atoms with van der Waals surface area (Å²) in [5, 5.41) is 2.96. The summed E-state index contributed by atoms with van der Waals surface area (Å²) in [4.78, 5) is 11.7. The largest absolute Gasteiger partial charge is 0.352 e. The Morgan fingerprint density at radius 2 is 2.21 bits per heavy atom. The molecule has 1 fully saturated rings. The highest BCUT2D eigenvalue weighted by Gasteiger charge is 2.21. The summed E-state index contributed by atoms with van der Waals surface area (Å²) < 4.78 is 0. The predicted molar refractivity (Wildman–Crippen MR) is 58.4 cm³/mol. The van der Waals surface area contributed by atoms with Crippen molar-refractivity contribution in [3.05, 3.63) is 35.4 Å². The van der Waals surface area contributed by atoms with Crippen molar-refractivity contribution in [2.75, 3.05) is 6.54 Å². The van der Waals surface area contributed by atoms with Crippen molar-refractivity contribution in [3.63, 3.8) is 0 Å². The third kappa shape index (κ3) is 2.13. The van der Waals surface area contributed by atoms with Crippen LogP contribution in [0.3, 0.4) is 0 Å². The van der Waals surface area contributed by atoms with E-state index in [-0.39, 0.29) is 7.33 Å². The molecule has 1 aromatic rings. The van der Waals surface area contributed by atoms with E-state index in [0.29, 0.717) is 0 Å². The van der Waals surface area contributed by atoms with Gasteiger partial charge in [0, 0.05) is 13.5 Å². The van der Waals surface area contributed by atoms with Crippen LogP contribution in [0.4, 0.5) is 0 Å². The Morgan fingerprint density at radius 1 is 1.50 bits per heavy atom. The molecular formula is C12H17NO. The van der Waals surface area contributed by atoms with E-state index in [2.05, 4.69) is 5.32 Å². The van der Waals surface area contributed by atoms with E-state index in [1.54, 1.807) is 0 Å². The number of hydrogen-bond donors (Lipinski definition) is 1. The fourth-order valence-corrected chi connectivity index (χ4v) is 1.48.